The number of carbonyl (C=O) groups excluding carboxylic acids is 3. The summed E-state index contributed by atoms with van der Waals surface area (Å²) in [5, 5.41) is -0.0142. The highest BCUT2D eigenvalue weighted by molar-refractivity contribution is 8.23. The van der Waals surface area contributed by atoms with E-state index in [1.165, 1.54) is 30.5 Å². The molecule has 0 aliphatic heterocycles. The minimum Gasteiger partial charge on any atom is -0.479 e. The largest absolute Gasteiger partial charge is 0.479 e. The second-order valence-corrected chi connectivity index (χ2v) is 8.13. The third-order valence-electron chi connectivity index (χ3n) is 4.03. The van der Waals surface area contributed by atoms with Crippen LogP contribution in [0.1, 0.15) is 56.0 Å². The molecule has 0 N–H and O–H groups in total. The van der Waals surface area contributed by atoms with Crippen LogP contribution in [0.2, 0.25) is 0 Å². The van der Waals surface area contributed by atoms with Crippen molar-refractivity contribution < 1.29 is 19.1 Å². The van der Waals surface area contributed by atoms with Gasteiger partial charge in [0.15, 0.2) is 5.78 Å². The lowest BCUT2D eigenvalue weighted by Crippen LogP contribution is -2.35. The Balaban J connectivity index is 2.71. The summed E-state index contributed by atoms with van der Waals surface area (Å²) in [5.74, 6) is -0.498. The fourth-order valence-corrected chi connectivity index (χ4v) is 3.98. The van der Waals surface area contributed by atoms with Gasteiger partial charge >= 0.3 is 0 Å². The van der Waals surface area contributed by atoms with Crippen molar-refractivity contribution in [2.75, 3.05) is 13.2 Å². The number of amides is 2. The lowest BCUT2D eigenvalue weighted by Gasteiger charge is -2.21. The number of nitrogens with zero attached hydrogens (tertiary/aromatic N) is 1. The molecule has 0 heterocycles. The molecule has 7 heteroatoms. The maximum atomic E-state index is 12.4. The van der Waals surface area contributed by atoms with E-state index in [1.807, 2.05) is 38.1 Å². The average Bonchev–Trinajstić information content (AvgIpc) is 2.59. The van der Waals surface area contributed by atoms with Crippen LogP contribution in [0.3, 0.4) is 0 Å². The first-order chi connectivity index (χ1) is 12.7. The Bertz CT molecular complexity index is 659. The van der Waals surface area contributed by atoms with Gasteiger partial charge in [0.2, 0.25) is 16.2 Å². The lowest BCUT2D eigenvalue weighted by atomic mass is 10.0. The normalized spacial score (nSPS) is 11.6. The van der Waals surface area contributed by atoms with Crippen molar-refractivity contribution in [3.8, 4) is 0 Å². The number of carbonyl (C=O) groups is 3. The molecule has 1 aromatic rings. The van der Waals surface area contributed by atoms with Crippen molar-refractivity contribution in [2.24, 2.45) is 0 Å². The van der Waals surface area contributed by atoms with E-state index in [0.717, 1.165) is 5.56 Å². The van der Waals surface area contributed by atoms with E-state index in [0.29, 0.717) is 42.4 Å². The molecule has 0 spiro atoms. The van der Waals surface area contributed by atoms with Crippen molar-refractivity contribution in [2.45, 2.75) is 52.2 Å². The van der Waals surface area contributed by atoms with Crippen LogP contribution in [0.15, 0.2) is 24.3 Å². The van der Waals surface area contributed by atoms with Gasteiger partial charge < -0.3 is 4.74 Å². The number of Topliss-reactive ketones (excluding diaryl/α,β-unsaturated/α-hetero) is 1. The standard InChI is InChI=1S/C20H27NO4S2/c1-5-25-20(26)27-18(12-13-21(15(3)22)16(4)23)10-11-19(24)17-8-6-14(2)7-9-17/h6-9,18H,5,10-13H2,1-4H3. The summed E-state index contributed by atoms with van der Waals surface area (Å²) in [7, 11) is 0. The van der Waals surface area contributed by atoms with Crippen molar-refractivity contribution in [3.63, 3.8) is 0 Å². The number of aryl methyl sites for hydroxylation is 1. The first kappa shape index (κ1) is 23.3. The number of hydrogen-bond acceptors (Lipinski definition) is 6. The summed E-state index contributed by atoms with van der Waals surface area (Å²) < 4.78 is 5.76. The zero-order valence-electron chi connectivity index (χ0n) is 16.3. The van der Waals surface area contributed by atoms with Crippen LogP contribution in [0.4, 0.5) is 0 Å². The van der Waals surface area contributed by atoms with E-state index in [9.17, 15) is 14.4 Å². The Kier molecular flexibility index (Phi) is 10.3. The minimum atomic E-state index is -0.283. The number of imide groups is 1. The molecule has 0 aliphatic carbocycles. The van der Waals surface area contributed by atoms with E-state index in [2.05, 4.69) is 0 Å². The van der Waals surface area contributed by atoms with Gasteiger partial charge in [0.05, 0.1) is 6.61 Å². The van der Waals surface area contributed by atoms with Crippen LogP contribution in [0, 0.1) is 6.92 Å². The Morgan fingerprint density at radius 3 is 2.22 bits per heavy atom. The van der Waals surface area contributed by atoms with Crippen molar-refractivity contribution in [3.05, 3.63) is 35.4 Å². The molecule has 5 nitrogen and oxygen atoms in total. The van der Waals surface area contributed by atoms with Gasteiger partial charge in [-0.2, -0.15) is 0 Å². The summed E-state index contributed by atoms with van der Waals surface area (Å²) in [6.07, 6.45) is 1.52. The third-order valence-corrected chi connectivity index (χ3v) is 5.55. The lowest BCUT2D eigenvalue weighted by molar-refractivity contribution is -0.142. The summed E-state index contributed by atoms with van der Waals surface area (Å²) in [5.41, 5.74) is 1.79. The molecule has 1 atom stereocenters. The van der Waals surface area contributed by atoms with Crippen LogP contribution in [0.5, 0.6) is 0 Å². The summed E-state index contributed by atoms with van der Waals surface area (Å²) >= 11 is 6.59. The van der Waals surface area contributed by atoms with Crippen molar-refractivity contribution in [1.82, 2.24) is 4.90 Å². The Hall–Kier alpha value is -1.73. The Labute approximate surface area is 170 Å². The average molecular weight is 410 g/mol. The zero-order chi connectivity index (χ0) is 20.4. The maximum Gasteiger partial charge on any atom is 0.226 e. The Morgan fingerprint density at radius 2 is 1.70 bits per heavy atom. The molecule has 2 amide bonds. The highest BCUT2D eigenvalue weighted by atomic mass is 32.2. The number of rotatable bonds is 9. The van der Waals surface area contributed by atoms with E-state index in [4.69, 9.17) is 17.0 Å². The number of benzene rings is 1. The van der Waals surface area contributed by atoms with Gasteiger partial charge in [0.25, 0.3) is 0 Å². The minimum absolute atomic E-state index is 0.0142. The number of thiocarbonyl (C=S) groups is 1. The van der Waals surface area contributed by atoms with E-state index < -0.39 is 0 Å². The van der Waals surface area contributed by atoms with Gasteiger partial charge in [0, 0.05) is 37.6 Å². The molecule has 0 radical (unpaired) electrons. The molecule has 1 aromatic carbocycles. The van der Waals surface area contributed by atoms with Crippen LogP contribution in [0.25, 0.3) is 0 Å². The smallest absolute Gasteiger partial charge is 0.226 e. The highest BCUT2D eigenvalue weighted by Crippen LogP contribution is 2.24. The molecular formula is C20H27NO4S2. The first-order valence-electron chi connectivity index (χ1n) is 8.96. The van der Waals surface area contributed by atoms with Crippen LogP contribution in [-0.4, -0.2) is 45.3 Å². The number of ketones is 1. The first-order valence-corrected chi connectivity index (χ1v) is 10.2. The fourth-order valence-electron chi connectivity index (χ4n) is 2.54. The monoisotopic (exact) mass is 409 g/mol. The molecule has 1 rings (SSSR count). The van der Waals surface area contributed by atoms with Gasteiger partial charge in [-0.1, -0.05) is 41.6 Å². The summed E-state index contributed by atoms with van der Waals surface area (Å²) in [6, 6.07) is 7.50. The second kappa shape index (κ2) is 11.9. The van der Waals surface area contributed by atoms with Crippen molar-refractivity contribution >= 4 is 46.0 Å². The van der Waals surface area contributed by atoms with Gasteiger partial charge in [0.1, 0.15) is 0 Å². The van der Waals surface area contributed by atoms with Gasteiger partial charge in [-0.05, 0) is 38.9 Å². The number of hydrogen-bond donors (Lipinski definition) is 0. The van der Waals surface area contributed by atoms with Gasteiger partial charge in [-0.25, -0.2) is 0 Å². The Morgan fingerprint density at radius 1 is 1.11 bits per heavy atom. The molecule has 0 aromatic heterocycles. The van der Waals surface area contributed by atoms with Crippen LogP contribution < -0.4 is 0 Å². The number of ether oxygens (including phenoxy) is 1. The van der Waals surface area contributed by atoms with Crippen molar-refractivity contribution in [1.29, 1.82) is 0 Å². The molecule has 27 heavy (non-hydrogen) atoms. The van der Waals surface area contributed by atoms with Crippen LogP contribution in [-0.2, 0) is 14.3 Å². The highest BCUT2D eigenvalue weighted by Gasteiger charge is 2.20. The van der Waals surface area contributed by atoms with Crippen LogP contribution >= 0.6 is 24.0 Å². The molecule has 0 saturated carbocycles. The molecule has 0 bridgehead atoms. The molecule has 0 fully saturated rings. The maximum absolute atomic E-state index is 12.4. The third kappa shape index (κ3) is 8.67. The van der Waals surface area contributed by atoms with E-state index >= 15 is 0 Å². The molecule has 1 unspecified atom stereocenters. The summed E-state index contributed by atoms with van der Waals surface area (Å²) in [6.45, 7) is 7.36. The predicted molar refractivity (Wildman–Crippen MR) is 113 cm³/mol. The quantitative estimate of drug-likeness (QED) is 0.451. The SMILES string of the molecule is CCOC(=S)SC(CCC(=O)c1ccc(C)cc1)CCN(C(C)=O)C(C)=O. The molecule has 0 saturated heterocycles. The fraction of sp³-hybridized carbons (Fsp3) is 0.500. The van der Waals surface area contributed by atoms with Gasteiger partial charge in [-0.15, -0.1) is 0 Å². The molecule has 148 valence electrons. The van der Waals surface area contributed by atoms with E-state index in [1.54, 1.807) is 0 Å². The zero-order valence-corrected chi connectivity index (χ0v) is 18.0. The topological polar surface area (TPSA) is 63.7 Å². The second-order valence-electron chi connectivity index (χ2n) is 6.23. The molecular weight excluding hydrogens is 382 g/mol. The number of thioether (sulfide) groups is 1. The molecule has 0 aliphatic rings. The van der Waals surface area contributed by atoms with Gasteiger partial charge in [-0.3, -0.25) is 19.3 Å². The summed E-state index contributed by atoms with van der Waals surface area (Å²) in [4.78, 5) is 36.8. The predicted octanol–water partition coefficient (Wildman–Crippen LogP) is 4.17. The van der Waals surface area contributed by atoms with E-state index in [-0.39, 0.29) is 22.8 Å².